The molecule has 0 saturated carbocycles. The van der Waals surface area contributed by atoms with Gasteiger partial charge in [-0.15, -0.1) is 11.3 Å². The predicted octanol–water partition coefficient (Wildman–Crippen LogP) is 12.3. The van der Waals surface area contributed by atoms with Gasteiger partial charge in [-0.1, -0.05) is 127 Å². The van der Waals surface area contributed by atoms with E-state index < -0.39 is 0 Å². The van der Waals surface area contributed by atoms with Crippen LogP contribution in [0.5, 0.6) is 0 Å². The van der Waals surface area contributed by atoms with Gasteiger partial charge in [-0.3, -0.25) is 4.40 Å². The molecule has 0 N–H and O–H groups in total. The van der Waals surface area contributed by atoms with Crippen LogP contribution in [0.4, 0.5) is 0 Å². The predicted molar refractivity (Wildman–Crippen MR) is 220 cm³/mol. The van der Waals surface area contributed by atoms with Gasteiger partial charge in [-0.05, 0) is 54.1 Å². The Morgan fingerprint density at radius 3 is 1.60 bits per heavy atom. The maximum absolute atomic E-state index is 5.19. The minimum atomic E-state index is 0.628. The van der Waals surface area contributed by atoms with Gasteiger partial charge < -0.3 is 4.57 Å². The van der Waals surface area contributed by atoms with Crippen molar-refractivity contribution < 1.29 is 0 Å². The van der Waals surface area contributed by atoms with Gasteiger partial charge in [-0.25, -0.2) is 15.0 Å². The van der Waals surface area contributed by atoms with Gasteiger partial charge in [0.25, 0.3) is 0 Å². The number of fused-ring (bicyclic) bond motifs is 8. The minimum absolute atomic E-state index is 0.628. The molecule has 4 heterocycles. The molecule has 0 aliphatic heterocycles. The SMILES string of the molecule is c1ccc(-c2nc(-c3cccc(-c4c5ccccc5n5c4sc4ccccc45)c3)nc(-c3cccc(-n4c5ccccc5c5ccccc54)c3)n2)cc1. The van der Waals surface area contributed by atoms with Crippen LogP contribution in [-0.4, -0.2) is 23.9 Å². The largest absolute Gasteiger partial charge is 0.309 e. The van der Waals surface area contributed by atoms with Crippen LogP contribution >= 0.6 is 11.3 Å². The molecule has 4 aromatic heterocycles. The van der Waals surface area contributed by atoms with Crippen molar-refractivity contribution in [3.05, 3.63) is 176 Å². The van der Waals surface area contributed by atoms with Gasteiger partial charge in [-0.2, -0.15) is 0 Å². The number of thiazole rings is 1. The summed E-state index contributed by atoms with van der Waals surface area (Å²) in [6.45, 7) is 0. The van der Waals surface area contributed by atoms with E-state index in [1.54, 1.807) is 0 Å². The van der Waals surface area contributed by atoms with E-state index in [4.69, 9.17) is 15.0 Å². The Labute approximate surface area is 308 Å². The van der Waals surface area contributed by atoms with E-state index in [0.717, 1.165) is 39.0 Å². The summed E-state index contributed by atoms with van der Waals surface area (Å²) in [6, 6.07) is 61.8. The van der Waals surface area contributed by atoms with Gasteiger partial charge in [0.1, 0.15) is 4.83 Å². The highest BCUT2D eigenvalue weighted by Gasteiger charge is 2.20. The molecule has 0 amide bonds. The lowest BCUT2D eigenvalue weighted by Gasteiger charge is -2.12. The lowest BCUT2D eigenvalue weighted by Crippen LogP contribution is -2.01. The quantitative estimate of drug-likeness (QED) is 0.180. The molecule has 0 saturated heterocycles. The summed E-state index contributed by atoms with van der Waals surface area (Å²) in [5.41, 5.74) is 11.0. The highest BCUT2D eigenvalue weighted by molar-refractivity contribution is 7.24. The third-order valence-electron chi connectivity index (χ3n) is 10.2. The van der Waals surface area contributed by atoms with Crippen LogP contribution in [0.25, 0.3) is 98.7 Å². The maximum Gasteiger partial charge on any atom is 0.164 e. The summed E-state index contributed by atoms with van der Waals surface area (Å²) in [6.07, 6.45) is 0. The molecule has 11 rings (SSSR count). The van der Waals surface area contributed by atoms with Crippen molar-refractivity contribution >= 4 is 59.1 Å². The van der Waals surface area contributed by atoms with Crippen LogP contribution < -0.4 is 0 Å². The van der Waals surface area contributed by atoms with Crippen LogP contribution in [0, 0.1) is 0 Å². The Balaban J connectivity index is 1.10. The first-order valence-electron chi connectivity index (χ1n) is 17.7. The lowest BCUT2D eigenvalue weighted by molar-refractivity contribution is 1.07. The number of aromatic nitrogens is 5. The number of benzene rings is 7. The van der Waals surface area contributed by atoms with Crippen LogP contribution in [-0.2, 0) is 0 Å². The van der Waals surface area contributed by atoms with E-state index in [0.29, 0.717) is 17.5 Å². The zero-order valence-corrected chi connectivity index (χ0v) is 29.2. The van der Waals surface area contributed by atoms with Crippen LogP contribution in [0.2, 0.25) is 0 Å². The standard InChI is InChI=1S/C47H29N5S/c1-2-14-30(15-3-1)44-48-45(32-17-12-16-31(28-32)43-37-22-6-9-25-40(37)52-41-26-10-11-27-42(41)53-47(43)52)50-46(49-44)33-18-13-19-34(29-33)51-38-23-7-4-20-35(38)36-21-5-8-24-39(36)51/h1-29H. The van der Waals surface area contributed by atoms with E-state index >= 15 is 0 Å². The van der Waals surface area contributed by atoms with E-state index in [1.165, 1.54) is 42.3 Å². The summed E-state index contributed by atoms with van der Waals surface area (Å²) in [7, 11) is 0. The summed E-state index contributed by atoms with van der Waals surface area (Å²) in [5.74, 6) is 1.90. The van der Waals surface area contributed by atoms with E-state index in [2.05, 4.69) is 167 Å². The molecule has 0 aliphatic carbocycles. The van der Waals surface area contributed by atoms with Gasteiger partial charge in [0.15, 0.2) is 17.5 Å². The first kappa shape index (κ1) is 29.8. The molecule has 53 heavy (non-hydrogen) atoms. The number of hydrogen-bond acceptors (Lipinski definition) is 4. The molecular weight excluding hydrogens is 667 g/mol. The smallest absolute Gasteiger partial charge is 0.164 e. The molecule has 7 aromatic carbocycles. The van der Waals surface area contributed by atoms with Crippen molar-refractivity contribution in [2.45, 2.75) is 0 Å². The molecule has 0 atom stereocenters. The zero-order chi connectivity index (χ0) is 34.9. The normalized spacial score (nSPS) is 11.8. The average molecular weight is 696 g/mol. The van der Waals surface area contributed by atoms with E-state index in [9.17, 15) is 0 Å². The molecular formula is C47H29N5S. The fraction of sp³-hybridized carbons (Fsp3) is 0. The van der Waals surface area contributed by atoms with Crippen LogP contribution in [0.1, 0.15) is 0 Å². The first-order valence-corrected chi connectivity index (χ1v) is 18.5. The van der Waals surface area contributed by atoms with Crippen molar-refractivity contribution in [1.82, 2.24) is 23.9 Å². The Morgan fingerprint density at radius 1 is 0.377 bits per heavy atom. The summed E-state index contributed by atoms with van der Waals surface area (Å²) >= 11 is 1.83. The molecule has 0 bridgehead atoms. The molecule has 0 unspecified atom stereocenters. The third kappa shape index (κ3) is 4.73. The topological polar surface area (TPSA) is 48.0 Å². The monoisotopic (exact) mass is 695 g/mol. The van der Waals surface area contributed by atoms with Crippen molar-refractivity contribution in [2.24, 2.45) is 0 Å². The molecule has 0 radical (unpaired) electrons. The van der Waals surface area contributed by atoms with Gasteiger partial charge in [0, 0.05) is 44.1 Å². The van der Waals surface area contributed by atoms with Crippen LogP contribution in [0.3, 0.4) is 0 Å². The molecule has 6 heteroatoms. The minimum Gasteiger partial charge on any atom is -0.309 e. The Morgan fingerprint density at radius 2 is 0.887 bits per heavy atom. The first-order chi connectivity index (χ1) is 26.3. The van der Waals surface area contributed by atoms with Gasteiger partial charge >= 0.3 is 0 Å². The number of para-hydroxylation sites is 4. The fourth-order valence-corrected chi connectivity index (χ4v) is 9.05. The fourth-order valence-electron chi connectivity index (χ4n) is 7.81. The number of hydrogen-bond donors (Lipinski definition) is 0. The average Bonchev–Trinajstić information content (AvgIpc) is 3.88. The van der Waals surface area contributed by atoms with Crippen molar-refractivity contribution in [1.29, 1.82) is 0 Å². The summed E-state index contributed by atoms with van der Waals surface area (Å²) in [4.78, 5) is 16.6. The molecule has 5 nitrogen and oxygen atoms in total. The number of rotatable bonds is 5. The Bertz CT molecular complexity index is 3130. The highest BCUT2D eigenvalue weighted by Crippen LogP contribution is 2.43. The third-order valence-corrected chi connectivity index (χ3v) is 11.3. The maximum atomic E-state index is 5.19. The molecule has 0 fully saturated rings. The lowest BCUT2D eigenvalue weighted by atomic mass is 10.0. The number of nitrogens with zero attached hydrogens (tertiary/aromatic N) is 5. The Kier molecular flexibility index (Phi) is 6.66. The Hall–Kier alpha value is -6.89. The molecule has 248 valence electrons. The van der Waals surface area contributed by atoms with Crippen molar-refractivity contribution in [3.8, 4) is 51.0 Å². The van der Waals surface area contributed by atoms with Gasteiger partial charge in [0.05, 0.1) is 26.8 Å². The second kappa shape index (κ2) is 11.8. The van der Waals surface area contributed by atoms with Crippen molar-refractivity contribution in [3.63, 3.8) is 0 Å². The summed E-state index contributed by atoms with van der Waals surface area (Å²) < 4.78 is 5.99. The van der Waals surface area contributed by atoms with Gasteiger partial charge in [0.2, 0.25) is 0 Å². The van der Waals surface area contributed by atoms with Crippen molar-refractivity contribution in [2.75, 3.05) is 0 Å². The second-order valence-electron chi connectivity index (χ2n) is 13.3. The second-order valence-corrected chi connectivity index (χ2v) is 14.3. The van der Waals surface area contributed by atoms with E-state index in [1.807, 2.05) is 29.5 Å². The van der Waals surface area contributed by atoms with Crippen LogP contribution in [0.15, 0.2) is 176 Å². The highest BCUT2D eigenvalue weighted by atomic mass is 32.1. The molecule has 0 aliphatic rings. The zero-order valence-electron chi connectivity index (χ0n) is 28.4. The molecule has 11 aromatic rings. The molecule has 0 spiro atoms. The summed E-state index contributed by atoms with van der Waals surface area (Å²) in [5, 5.41) is 3.68. The van der Waals surface area contributed by atoms with E-state index in [-0.39, 0.29) is 0 Å².